The third-order valence-corrected chi connectivity index (χ3v) is 7.00. The molecule has 0 aliphatic carbocycles. The monoisotopic (exact) mass is 495 g/mol. The lowest BCUT2D eigenvalue weighted by Crippen LogP contribution is -2.26. The number of hydrogen-bond donors (Lipinski definition) is 4. The van der Waals surface area contributed by atoms with Gasteiger partial charge in [-0.05, 0) is 91.3 Å². The highest BCUT2D eigenvalue weighted by Gasteiger charge is 2.17. The van der Waals surface area contributed by atoms with Crippen molar-refractivity contribution in [1.82, 2.24) is 30.4 Å². The van der Waals surface area contributed by atoms with Gasteiger partial charge in [-0.1, -0.05) is 18.2 Å². The van der Waals surface area contributed by atoms with Gasteiger partial charge in [-0.2, -0.15) is 5.10 Å². The molecule has 5 aromatic rings. The molecule has 1 aliphatic rings. The molecule has 6 rings (SSSR count). The van der Waals surface area contributed by atoms with Crippen LogP contribution >= 0.6 is 0 Å². The second-order valence-corrected chi connectivity index (χ2v) is 9.97. The summed E-state index contributed by atoms with van der Waals surface area (Å²) in [5.74, 6) is -0.292. The zero-order valence-electron chi connectivity index (χ0n) is 21.0. The maximum atomic E-state index is 14.7. The van der Waals surface area contributed by atoms with Crippen LogP contribution in [-0.2, 0) is 0 Å². The summed E-state index contributed by atoms with van der Waals surface area (Å²) in [7, 11) is 3.92. The molecule has 3 aromatic heterocycles. The van der Waals surface area contributed by atoms with Gasteiger partial charge in [0.15, 0.2) is 5.65 Å². The third-order valence-electron chi connectivity index (χ3n) is 7.00. The maximum absolute atomic E-state index is 14.7. The Morgan fingerprint density at radius 2 is 1.97 bits per heavy atom. The van der Waals surface area contributed by atoms with E-state index in [0.717, 1.165) is 69.4 Å². The number of nitrogens with zero attached hydrogens (tertiary/aromatic N) is 3. The van der Waals surface area contributed by atoms with E-state index in [4.69, 9.17) is 5.73 Å². The molecule has 1 unspecified atom stereocenters. The summed E-state index contributed by atoms with van der Waals surface area (Å²) in [5.41, 5.74) is 14.7. The molecule has 0 saturated heterocycles. The number of nitrogens with two attached hydrogens (primary N) is 1. The Hall–Kier alpha value is -3.85. The average Bonchev–Trinajstić information content (AvgIpc) is 3.52. The second kappa shape index (κ2) is 9.55. The van der Waals surface area contributed by atoms with Gasteiger partial charge in [0.1, 0.15) is 5.82 Å². The van der Waals surface area contributed by atoms with Crippen molar-refractivity contribution in [3.8, 4) is 22.5 Å². The minimum absolute atomic E-state index is 0.279. The Balaban J connectivity index is 1.43. The first-order chi connectivity index (χ1) is 18.0. The predicted octanol–water partition coefficient (Wildman–Crippen LogP) is 4.85. The molecule has 1 aliphatic heterocycles. The number of fused-ring (bicyclic) bond motifs is 2. The summed E-state index contributed by atoms with van der Waals surface area (Å²) in [5, 5.41) is 12.9. The van der Waals surface area contributed by atoms with Gasteiger partial charge in [-0.25, -0.2) is 9.37 Å². The van der Waals surface area contributed by atoms with Crippen LogP contribution in [-0.4, -0.2) is 58.8 Å². The fourth-order valence-electron chi connectivity index (χ4n) is 5.19. The Bertz CT molecular complexity index is 1630. The molecule has 1 atom stereocenters. The van der Waals surface area contributed by atoms with E-state index in [2.05, 4.69) is 43.7 Å². The standard InChI is InChI=1S/C29H30FN7/c1-37(2)16-25(31)19-10-18(11-21(30)12-19)22-4-3-5-26-23(22)14-27(34-26)28-24-13-20(15-33-29(24)36-35-28)17-6-8-32-9-7-17/h3-6,10-15,25,32,34H,7-9,16,31H2,1-2H3,(H,33,35,36). The topological polar surface area (TPSA) is 98.6 Å². The third kappa shape index (κ3) is 4.55. The van der Waals surface area contributed by atoms with Crippen LogP contribution in [0.2, 0.25) is 0 Å². The summed E-state index contributed by atoms with van der Waals surface area (Å²) >= 11 is 0. The van der Waals surface area contributed by atoms with E-state index < -0.39 is 0 Å². The largest absolute Gasteiger partial charge is 0.353 e. The van der Waals surface area contributed by atoms with Gasteiger partial charge in [-0.15, -0.1) is 0 Å². The van der Waals surface area contributed by atoms with Crippen molar-refractivity contribution in [2.24, 2.45) is 5.73 Å². The van der Waals surface area contributed by atoms with E-state index in [-0.39, 0.29) is 11.9 Å². The number of pyridine rings is 1. The molecule has 7 nitrogen and oxygen atoms in total. The lowest BCUT2D eigenvalue weighted by Gasteiger charge is -2.18. The quantitative estimate of drug-likeness (QED) is 0.270. The SMILES string of the molecule is CN(C)CC(N)c1cc(F)cc(-c2cccc3[nH]c(-c4[nH]nc5ncc(C6=CCNCC6)cc45)cc23)c1. The molecule has 188 valence electrons. The van der Waals surface area contributed by atoms with Gasteiger partial charge in [-0.3, -0.25) is 5.10 Å². The smallest absolute Gasteiger partial charge is 0.181 e. The number of rotatable bonds is 6. The van der Waals surface area contributed by atoms with E-state index in [0.29, 0.717) is 12.2 Å². The lowest BCUT2D eigenvalue weighted by molar-refractivity contribution is 0.376. The molecule has 4 heterocycles. The van der Waals surface area contributed by atoms with E-state index in [1.54, 1.807) is 6.07 Å². The minimum Gasteiger partial charge on any atom is -0.353 e. The maximum Gasteiger partial charge on any atom is 0.181 e. The molecule has 0 amide bonds. The summed E-state index contributed by atoms with van der Waals surface area (Å²) in [6, 6.07) is 15.1. The van der Waals surface area contributed by atoms with Crippen LogP contribution in [0.3, 0.4) is 0 Å². The van der Waals surface area contributed by atoms with Crippen molar-refractivity contribution < 1.29 is 4.39 Å². The zero-order chi connectivity index (χ0) is 25.5. The molecular formula is C29H30FN7. The van der Waals surface area contributed by atoms with Crippen molar-refractivity contribution in [3.05, 3.63) is 77.7 Å². The summed E-state index contributed by atoms with van der Waals surface area (Å²) in [6.07, 6.45) is 5.10. The fourth-order valence-corrected chi connectivity index (χ4v) is 5.19. The molecule has 0 saturated carbocycles. The van der Waals surface area contributed by atoms with E-state index in [1.807, 2.05) is 49.5 Å². The van der Waals surface area contributed by atoms with Crippen LogP contribution in [0, 0.1) is 5.82 Å². The molecular weight excluding hydrogens is 465 g/mol. The molecule has 5 N–H and O–H groups in total. The molecule has 0 fully saturated rings. The zero-order valence-corrected chi connectivity index (χ0v) is 21.0. The highest BCUT2D eigenvalue weighted by molar-refractivity contribution is 6.01. The average molecular weight is 496 g/mol. The van der Waals surface area contributed by atoms with Crippen LogP contribution in [0.4, 0.5) is 4.39 Å². The number of aromatic amines is 2. The van der Waals surface area contributed by atoms with Crippen LogP contribution in [0.1, 0.15) is 23.6 Å². The first-order valence-corrected chi connectivity index (χ1v) is 12.5. The highest BCUT2D eigenvalue weighted by atomic mass is 19.1. The molecule has 0 radical (unpaired) electrons. The Labute approximate surface area is 214 Å². The number of aromatic nitrogens is 4. The van der Waals surface area contributed by atoms with E-state index >= 15 is 0 Å². The number of likely N-dealkylation sites (N-methyl/N-ethyl adjacent to an activating group) is 1. The van der Waals surface area contributed by atoms with Crippen molar-refractivity contribution in [3.63, 3.8) is 0 Å². The van der Waals surface area contributed by atoms with Crippen LogP contribution in [0.5, 0.6) is 0 Å². The van der Waals surface area contributed by atoms with Crippen molar-refractivity contribution >= 4 is 27.5 Å². The van der Waals surface area contributed by atoms with Gasteiger partial charge in [0.05, 0.1) is 11.4 Å². The number of hydrogen-bond acceptors (Lipinski definition) is 5. The number of nitrogens with one attached hydrogen (secondary N) is 3. The molecule has 8 heteroatoms. The normalized spacial score (nSPS) is 15.0. The molecule has 0 spiro atoms. The van der Waals surface area contributed by atoms with Crippen LogP contribution in [0.25, 0.3) is 50.0 Å². The Morgan fingerprint density at radius 1 is 1.08 bits per heavy atom. The van der Waals surface area contributed by atoms with E-state index in [1.165, 1.54) is 11.6 Å². The van der Waals surface area contributed by atoms with Crippen LogP contribution in [0.15, 0.2) is 60.8 Å². The Kier molecular flexibility index (Phi) is 6.08. The van der Waals surface area contributed by atoms with Gasteiger partial charge in [0.25, 0.3) is 0 Å². The van der Waals surface area contributed by atoms with E-state index in [9.17, 15) is 4.39 Å². The van der Waals surface area contributed by atoms with Gasteiger partial charge < -0.3 is 20.9 Å². The second-order valence-electron chi connectivity index (χ2n) is 9.97. The van der Waals surface area contributed by atoms with Crippen LogP contribution < -0.4 is 11.1 Å². The van der Waals surface area contributed by atoms with Crippen molar-refractivity contribution in [2.45, 2.75) is 12.5 Å². The first-order valence-electron chi connectivity index (χ1n) is 12.5. The minimum atomic E-state index is -0.292. The lowest BCUT2D eigenvalue weighted by atomic mass is 9.97. The predicted molar refractivity (Wildman–Crippen MR) is 148 cm³/mol. The Morgan fingerprint density at radius 3 is 2.78 bits per heavy atom. The van der Waals surface area contributed by atoms with Crippen molar-refractivity contribution in [2.75, 3.05) is 33.7 Å². The van der Waals surface area contributed by atoms with Gasteiger partial charge in [0, 0.05) is 41.6 Å². The van der Waals surface area contributed by atoms with Gasteiger partial charge >= 0.3 is 0 Å². The number of H-pyrrole nitrogens is 2. The fraction of sp³-hybridized carbons (Fsp3) is 0.241. The molecule has 37 heavy (non-hydrogen) atoms. The summed E-state index contributed by atoms with van der Waals surface area (Å²) in [4.78, 5) is 10.1. The first kappa shape index (κ1) is 23.5. The van der Waals surface area contributed by atoms with Crippen molar-refractivity contribution in [1.29, 1.82) is 0 Å². The van der Waals surface area contributed by atoms with Gasteiger partial charge in [0.2, 0.25) is 0 Å². The number of halogens is 1. The molecule has 0 bridgehead atoms. The summed E-state index contributed by atoms with van der Waals surface area (Å²) in [6.45, 7) is 2.48. The molecule has 2 aromatic carbocycles. The summed E-state index contributed by atoms with van der Waals surface area (Å²) < 4.78 is 14.7. The highest BCUT2D eigenvalue weighted by Crippen LogP contribution is 2.35. The number of benzene rings is 2.